The summed E-state index contributed by atoms with van der Waals surface area (Å²) in [6.45, 7) is 0. The maximum Gasteiger partial charge on any atom is 0.320 e. The average Bonchev–Trinajstić information content (AvgIpc) is 1.90. The molecule has 0 aliphatic heterocycles. The van der Waals surface area contributed by atoms with Crippen LogP contribution in [-0.4, -0.2) is 35.0 Å². The molecule has 0 aromatic rings. The van der Waals surface area contributed by atoms with Crippen LogP contribution in [0.15, 0.2) is 0 Å². The van der Waals surface area contributed by atoms with Crippen LogP contribution < -0.4 is 5.73 Å². The summed E-state index contributed by atoms with van der Waals surface area (Å²) in [4.78, 5) is 9.94. The predicted octanol–water partition coefficient (Wildman–Crippen LogP) is 1.16. The normalized spacial score (nSPS) is 11.3. The predicted molar refractivity (Wildman–Crippen MR) is 53.5 cm³/mol. The van der Waals surface area contributed by atoms with Gasteiger partial charge in [-0.1, -0.05) is 15.9 Å². The van der Waals surface area contributed by atoms with Crippen LogP contribution in [0, 0.1) is 0 Å². The molecule has 0 bridgehead atoms. The van der Waals surface area contributed by atoms with Crippen molar-refractivity contribution in [3.05, 3.63) is 0 Å². The largest absolute Gasteiger partial charge is 0.480 e. The van der Waals surface area contributed by atoms with Crippen molar-refractivity contribution in [3.8, 4) is 0 Å². The molecule has 0 rings (SSSR count). The van der Waals surface area contributed by atoms with E-state index in [2.05, 4.69) is 15.9 Å². The summed E-state index contributed by atoms with van der Waals surface area (Å²) in [5.74, 6) is -0.940. The molecule has 0 radical (unpaired) electrons. The Morgan fingerprint density at radius 1 is 1.73 bits per heavy atom. The van der Waals surface area contributed by atoms with Crippen LogP contribution in [0.5, 0.6) is 0 Å². The van der Waals surface area contributed by atoms with Gasteiger partial charge >= 0.3 is 5.97 Å². The molecule has 0 amide bonds. The van der Waals surface area contributed by atoms with Gasteiger partial charge in [-0.15, -0.1) is 0 Å². The zero-order valence-corrected chi connectivity index (χ0v) is 9.11. The molecular formula is C6H14BrNO2S. The van der Waals surface area contributed by atoms with E-state index in [1.165, 1.54) is 0 Å². The van der Waals surface area contributed by atoms with Crippen LogP contribution in [-0.2, 0) is 4.79 Å². The lowest BCUT2D eigenvalue weighted by Gasteiger charge is -1.99. The molecule has 0 heterocycles. The van der Waals surface area contributed by atoms with Gasteiger partial charge in [0.15, 0.2) is 0 Å². The van der Waals surface area contributed by atoms with E-state index in [1.54, 1.807) is 11.8 Å². The third kappa shape index (κ3) is 13.3. The zero-order valence-electron chi connectivity index (χ0n) is 6.71. The van der Waals surface area contributed by atoms with E-state index in [0.717, 1.165) is 0 Å². The minimum absolute atomic E-state index is 0.481. The van der Waals surface area contributed by atoms with Gasteiger partial charge in [-0.05, 0) is 18.9 Å². The molecule has 0 aliphatic rings. The van der Waals surface area contributed by atoms with Crippen molar-refractivity contribution in [1.82, 2.24) is 0 Å². The van der Waals surface area contributed by atoms with Crippen molar-refractivity contribution in [2.45, 2.75) is 12.5 Å². The van der Waals surface area contributed by atoms with Crippen molar-refractivity contribution in [2.24, 2.45) is 5.73 Å². The van der Waals surface area contributed by atoms with Gasteiger partial charge in [0.1, 0.15) is 6.04 Å². The maximum atomic E-state index is 9.94. The average molecular weight is 244 g/mol. The van der Waals surface area contributed by atoms with Gasteiger partial charge in [-0.25, -0.2) is 0 Å². The van der Waals surface area contributed by atoms with Crippen molar-refractivity contribution in [3.63, 3.8) is 0 Å². The zero-order chi connectivity index (χ0) is 9.28. The smallest absolute Gasteiger partial charge is 0.320 e. The Bertz CT molecular complexity index is 103. The third-order valence-electron chi connectivity index (χ3n) is 0.737. The van der Waals surface area contributed by atoms with E-state index >= 15 is 0 Å². The Kier molecular flexibility index (Phi) is 12.9. The van der Waals surface area contributed by atoms with E-state index in [0.29, 0.717) is 11.8 Å². The molecule has 3 N–H and O–H groups in total. The fourth-order valence-corrected chi connectivity index (χ4v) is 0.734. The molecule has 0 saturated heterocycles. The molecule has 11 heavy (non-hydrogen) atoms. The Hall–Kier alpha value is 0.260. The summed E-state index contributed by atoms with van der Waals surface area (Å²) >= 11 is 4.82. The number of carboxylic acid groups (broad SMARTS) is 1. The van der Waals surface area contributed by atoms with Crippen LogP contribution in [0.4, 0.5) is 0 Å². The van der Waals surface area contributed by atoms with E-state index in [-0.39, 0.29) is 0 Å². The van der Waals surface area contributed by atoms with Gasteiger partial charge in [-0.3, -0.25) is 4.79 Å². The Labute approximate surface area is 79.9 Å². The number of thioether (sulfide) groups is 1. The van der Waals surface area contributed by atoms with Gasteiger partial charge in [0.25, 0.3) is 0 Å². The van der Waals surface area contributed by atoms with E-state index in [4.69, 9.17) is 10.8 Å². The lowest BCUT2D eigenvalue weighted by Crippen LogP contribution is -2.30. The minimum atomic E-state index is -0.940. The number of alkyl halides is 1. The second kappa shape index (κ2) is 10.3. The monoisotopic (exact) mass is 243 g/mol. The van der Waals surface area contributed by atoms with Crippen LogP contribution >= 0.6 is 27.7 Å². The van der Waals surface area contributed by atoms with Gasteiger partial charge < -0.3 is 10.8 Å². The summed E-state index contributed by atoms with van der Waals surface area (Å²) in [7, 11) is 0. The van der Waals surface area contributed by atoms with Crippen LogP contribution in [0.3, 0.4) is 0 Å². The highest BCUT2D eigenvalue weighted by molar-refractivity contribution is 9.09. The molecule has 0 aromatic heterocycles. The van der Waals surface area contributed by atoms with Crippen molar-refractivity contribution in [2.75, 3.05) is 17.8 Å². The van der Waals surface area contributed by atoms with Crippen LogP contribution in [0.2, 0.25) is 0 Å². The SMILES string of the molecule is CSC.NC(CCBr)C(=O)O. The lowest BCUT2D eigenvalue weighted by molar-refractivity contribution is -0.138. The maximum absolute atomic E-state index is 9.94. The summed E-state index contributed by atoms with van der Waals surface area (Å²) in [5, 5.41) is 8.81. The lowest BCUT2D eigenvalue weighted by atomic mass is 10.2. The molecule has 0 aromatic carbocycles. The third-order valence-corrected chi connectivity index (χ3v) is 1.20. The van der Waals surface area contributed by atoms with Gasteiger partial charge in [0, 0.05) is 5.33 Å². The number of hydrogen-bond donors (Lipinski definition) is 2. The first-order valence-electron chi connectivity index (χ1n) is 3.04. The van der Waals surface area contributed by atoms with Gasteiger partial charge in [0.05, 0.1) is 0 Å². The number of aliphatic carboxylic acids is 1. The summed E-state index contributed by atoms with van der Waals surface area (Å²) in [6, 6.07) is -0.714. The first-order valence-corrected chi connectivity index (χ1v) is 5.80. The number of carboxylic acids is 1. The first-order chi connectivity index (χ1) is 5.09. The number of halogens is 1. The van der Waals surface area contributed by atoms with Crippen molar-refractivity contribution < 1.29 is 9.90 Å². The summed E-state index contributed by atoms with van der Waals surface area (Å²) < 4.78 is 0. The molecule has 3 nitrogen and oxygen atoms in total. The molecule has 0 spiro atoms. The molecule has 0 aliphatic carbocycles. The Balaban J connectivity index is 0. The molecule has 68 valence electrons. The second-order valence-corrected chi connectivity index (χ2v) is 3.44. The number of nitrogens with two attached hydrogens (primary N) is 1. The van der Waals surface area contributed by atoms with Crippen molar-refractivity contribution in [1.29, 1.82) is 0 Å². The van der Waals surface area contributed by atoms with E-state index in [1.807, 2.05) is 12.5 Å². The molecular weight excluding hydrogens is 230 g/mol. The van der Waals surface area contributed by atoms with Gasteiger partial charge in [-0.2, -0.15) is 11.8 Å². The highest BCUT2D eigenvalue weighted by Gasteiger charge is 2.08. The molecule has 1 atom stereocenters. The summed E-state index contributed by atoms with van der Waals surface area (Å²) in [5.41, 5.74) is 5.10. The number of carbonyl (C=O) groups is 1. The fraction of sp³-hybridized carbons (Fsp3) is 0.833. The van der Waals surface area contributed by atoms with Crippen LogP contribution in [0.1, 0.15) is 6.42 Å². The highest BCUT2D eigenvalue weighted by atomic mass is 79.9. The molecule has 0 fully saturated rings. The topological polar surface area (TPSA) is 63.3 Å². The second-order valence-electron chi connectivity index (χ2n) is 1.83. The first kappa shape index (κ1) is 13.8. The van der Waals surface area contributed by atoms with Crippen molar-refractivity contribution >= 4 is 33.7 Å². The minimum Gasteiger partial charge on any atom is -0.480 e. The fourth-order valence-electron chi connectivity index (χ4n) is 0.241. The Morgan fingerprint density at radius 2 is 2.09 bits per heavy atom. The van der Waals surface area contributed by atoms with E-state index < -0.39 is 12.0 Å². The molecule has 1 unspecified atom stereocenters. The molecule has 5 heteroatoms. The number of hydrogen-bond acceptors (Lipinski definition) is 3. The highest BCUT2D eigenvalue weighted by Crippen LogP contribution is 1.91. The van der Waals surface area contributed by atoms with E-state index in [9.17, 15) is 4.79 Å². The quantitative estimate of drug-likeness (QED) is 0.731. The van der Waals surface area contributed by atoms with Gasteiger partial charge in [0.2, 0.25) is 0 Å². The van der Waals surface area contributed by atoms with Crippen LogP contribution in [0.25, 0.3) is 0 Å². The molecule has 0 saturated carbocycles. The number of rotatable bonds is 3. The summed E-state index contributed by atoms with van der Waals surface area (Å²) in [6.07, 6.45) is 4.56. The Morgan fingerprint density at radius 3 is 2.18 bits per heavy atom. The standard InChI is InChI=1S/C4H8BrNO2.C2H6S/c5-2-1-3(6)4(7)8;1-3-2/h3H,1-2,6H2,(H,7,8);1-2H3.